The van der Waals surface area contributed by atoms with Crippen LogP contribution < -0.4 is 14.4 Å². The SMILES string of the molecule is C=CC(=O)N1C[C@@H]2C[C@H]1CN2c1ccc2ncnc(Oc3ccc(OCC4CC4)c(Cl)c3)c2n1. The van der Waals surface area contributed by atoms with Crippen LogP contribution in [-0.2, 0) is 4.79 Å². The molecule has 1 saturated carbocycles. The van der Waals surface area contributed by atoms with Crippen LogP contribution in [0.5, 0.6) is 17.4 Å². The molecule has 1 amide bonds. The number of amides is 1. The first-order valence-corrected chi connectivity index (χ1v) is 11.9. The van der Waals surface area contributed by atoms with Gasteiger partial charge in [-0.2, -0.15) is 4.98 Å². The minimum Gasteiger partial charge on any atom is -0.492 e. The van der Waals surface area contributed by atoms with Crippen LogP contribution in [0.15, 0.2) is 49.3 Å². The fourth-order valence-electron chi connectivity index (χ4n) is 4.74. The Hall–Kier alpha value is -3.39. The van der Waals surface area contributed by atoms with Crippen molar-refractivity contribution >= 4 is 34.4 Å². The molecule has 0 N–H and O–H groups in total. The molecule has 3 aliphatic rings. The molecule has 2 aromatic heterocycles. The highest BCUT2D eigenvalue weighted by Gasteiger charge is 2.45. The van der Waals surface area contributed by atoms with E-state index in [1.807, 2.05) is 29.2 Å². The number of hydrogen-bond acceptors (Lipinski definition) is 7. The van der Waals surface area contributed by atoms with Crippen molar-refractivity contribution in [3.05, 3.63) is 54.3 Å². The van der Waals surface area contributed by atoms with Crippen LogP contribution in [0.25, 0.3) is 11.0 Å². The van der Waals surface area contributed by atoms with Crippen LogP contribution in [-0.4, -0.2) is 57.5 Å². The summed E-state index contributed by atoms with van der Waals surface area (Å²) in [7, 11) is 0. The monoisotopic (exact) mass is 477 g/mol. The molecule has 0 spiro atoms. The van der Waals surface area contributed by atoms with Gasteiger partial charge in [-0.15, -0.1) is 0 Å². The number of nitrogens with zero attached hydrogens (tertiary/aromatic N) is 5. The highest BCUT2D eigenvalue weighted by Crippen LogP contribution is 2.37. The van der Waals surface area contributed by atoms with Gasteiger partial charge in [-0.3, -0.25) is 4.79 Å². The second-order valence-electron chi connectivity index (χ2n) is 9.06. The molecule has 3 aromatic rings. The summed E-state index contributed by atoms with van der Waals surface area (Å²) in [5, 5.41) is 0.497. The van der Waals surface area contributed by atoms with E-state index in [1.165, 1.54) is 25.2 Å². The van der Waals surface area contributed by atoms with Crippen molar-refractivity contribution in [2.24, 2.45) is 5.92 Å². The lowest BCUT2D eigenvalue weighted by molar-refractivity contribution is -0.127. The molecule has 4 heterocycles. The Labute approximate surface area is 202 Å². The molecular formula is C25H24ClN5O3. The number of carbonyl (C=O) groups is 1. The quantitative estimate of drug-likeness (QED) is 0.471. The van der Waals surface area contributed by atoms with E-state index in [-0.39, 0.29) is 18.0 Å². The highest BCUT2D eigenvalue weighted by atomic mass is 35.5. The van der Waals surface area contributed by atoms with Gasteiger partial charge in [0, 0.05) is 19.2 Å². The van der Waals surface area contributed by atoms with E-state index < -0.39 is 0 Å². The summed E-state index contributed by atoms with van der Waals surface area (Å²) in [5.74, 6) is 3.03. The van der Waals surface area contributed by atoms with Crippen molar-refractivity contribution < 1.29 is 14.3 Å². The standard InChI is InChI=1S/C25H24ClN5O3/c1-2-23(32)31-12-16-9-17(31)11-30(16)22-8-6-20-24(29-22)25(28-14-27-20)34-18-5-7-21(19(26)10-18)33-13-15-3-4-15/h2,5-8,10,14-17H,1,3-4,9,11-13H2/t16-,17-/m0/s1. The van der Waals surface area contributed by atoms with E-state index in [4.69, 9.17) is 26.1 Å². The fraction of sp³-hybridized carbons (Fsp3) is 0.360. The minimum atomic E-state index is -0.00896. The molecular weight excluding hydrogens is 454 g/mol. The predicted molar refractivity (Wildman–Crippen MR) is 129 cm³/mol. The average Bonchev–Trinajstić information content (AvgIpc) is 3.46. The number of carbonyl (C=O) groups excluding carboxylic acids is 1. The molecule has 34 heavy (non-hydrogen) atoms. The number of rotatable bonds is 7. The predicted octanol–water partition coefficient (Wildman–Crippen LogP) is 4.23. The van der Waals surface area contributed by atoms with Crippen LogP contribution in [0, 0.1) is 5.92 Å². The number of fused-ring (bicyclic) bond motifs is 3. The van der Waals surface area contributed by atoms with E-state index in [0.717, 1.165) is 18.8 Å². The minimum absolute atomic E-state index is 0.00896. The van der Waals surface area contributed by atoms with Crippen molar-refractivity contribution in [1.29, 1.82) is 0 Å². The number of anilines is 1. The second-order valence-corrected chi connectivity index (χ2v) is 9.46. The maximum atomic E-state index is 12.1. The summed E-state index contributed by atoms with van der Waals surface area (Å²) in [4.78, 5) is 29.7. The third kappa shape index (κ3) is 3.92. The molecule has 6 rings (SSSR count). The Morgan fingerprint density at radius 1 is 1.18 bits per heavy atom. The van der Waals surface area contributed by atoms with Gasteiger partial charge in [-0.1, -0.05) is 18.2 Å². The Kier molecular flexibility index (Phi) is 5.25. The van der Waals surface area contributed by atoms with Crippen LogP contribution in [0.1, 0.15) is 19.3 Å². The molecule has 1 aromatic carbocycles. The van der Waals surface area contributed by atoms with Gasteiger partial charge in [-0.25, -0.2) is 9.97 Å². The number of benzene rings is 1. The van der Waals surface area contributed by atoms with Crippen molar-refractivity contribution in [1.82, 2.24) is 19.9 Å². The lowest BCUT2D eigenvalue weighted by Gasteiger charge is -2.34. The first-order valence-electron chi connectivity index (χ1n) is 11.5. The van der Waals surface area contributed by atoms with Crippen LogP contribution in [0.2, 0.25) is 5.02 Å². The average molecular weight is 478 g/mol. The third-order valence-electron chi connectivity index (χ3n) is 6.72. The Morgan fingerprint density at radius 2 is 2.06 bits per heavy atom. The molecule has 3 fully saturated rings. The summed E-state index contributed by atoms with van der Waals surface area (Å²) < 4.78 is 11.9. The van der Waals surface area contributed by atoms with Crippen molar-refractivity contribution in [2.75, 3.05) is 24.6 Å². The van der Waals surface area contributed by atoms with Crippen molar-refractivity contribution in [2.45, 2.75) is 31.3 Å². The lowest BCUT2D eigenvalue weighted by Crippen LogP contribution is -2.48. The number of likely N-dealkylation sites (tertiary alicyclic amines) is 1. The number of aromatic nitrogens is 3. The molecule has 0 unspecified atom stereocenters. The van der Waals surface area contributed by atoms with Gasteiger partial charge in [0.05, 0.1) is 29.2 Å². The van der Waals surface area contributed by atoms with Crippen LogP contribution in [0.4, 0.5) is 5.82 Å². The zero-order valence-corrected chi connectivity index (χ0v) is 19.3. The third-order valence-corrected chi connectivity index (χ3v) is 7.01. The number of hydrogen-bond donors (Lipinski definition) is 0. The topological polar surface area (TPSA) is 80.7 Å². The zero-order valence-electron chi connectivity index (χ0n) is 18.6. The van der Waals surface area contributed by atoms with Crippen molar-refractivity contribution in [3.8, 4) is 17.4 Å². The molecule has 2 bridgehead atoms. The first kappa shape index (κ1) is 21.2. The van der Waals surface area contributed by atoms with Gasteiger partial charge in [0.25, 0.3) is 0 Å². The fourth-order valence-corrected chi connectivity index (χ4v) is 4.97. The van der Waals surface area contributed by atoms with Gasteiger partial charge in [0.15, 0.2) is 5.52 Å². The zero-order chi connectivity index (χ0) is 23.2. The van der Waals surface area contributed by atoms with Gasteiger partial charge >= 0.3 is 0 Å². The van der Waals surface area contributed by atoms with Gasteiger partial charge < -0.3 is 19.3 Å². The molecule has 174 valence electrons. The molecule has 2 saturated heterocycles. The highest BCUT2D eigenvalue weighted by molar-refractivity contribution is 6.32. The van der Waals surface area contributed by atoms with Gasteiger partial charge in [0.2, 0.25) is 11.8 Å². The normalized spacial score (nSPS) is 21.2. The Bertz CT molecular complexity index is 1280. The van der Waals surface area contributed by atoms with E-state index >= 15 is 0 Å². The summed E-state index contributed by atoms with van der Waals surface area (Å²) in [5.41, 5.74) is 1.27. The van der Waals surface area contributed by atoms with E-state index in [9.17, 15) is 4.79 Å². The number of pyridine rings is 1. The molecule has 9 heteroatoms. The summed E-state index contributed by atoms with van der Waals surface area (Å²) >= 11 is 6.42. The Balaban J connectivity index is 1.23. The first-order chi connectivity index (χ1) is 16.6. The molecule has 8 nitrogen and oxygen atoms in total. The maximum absolute atomic E-state index is 12.1. The van der Waals surface area contributed by atoms with Crippen LogP contribution in [0.3, 0.4) is 0 Å². The largest absolute Gasteiger partial charge is 0.492 e. The number of halogens is 1. The van der Waals surface area contributed by atoms with E-state index in [2.05, 4.69) is 21.4 Å². The van der Waals surface area contributed by atoms with Crippen molar-refractivity contribution in [3.63, 3.8) is 0 Å². The summed E-state index contributed by atoms with van der Waals surface area (Å²) in [6.07, 6.45) is 6.22. The van der Waals surface area contributed by atoms with Crippen LogP contribution >= 0.6 is 11.6 Å². The summed E-state index contributed by atoms with van der Waals surface area (Å²) in [6, 6.07) is 9.66. The number of ether oxygens (including phenoxy) is 2. The second kappa shape index (κ2) is 8.43. The Morgan fingerprint density at radius 3 is 2.79 bits per heavy atom. The lowest BCUT2D eigenvalue weighted by atomic mass is 10.2. The van der Waals surface area contributed by atoms with Gasteiger partial charge in [-0.05, 0) is 55.5 Å². The molecule has 2 atom stereocenters. The molecule has 1 aliphatic carbocycles. The summed E-state index contributed by atoms with van der Waals surface area (Å²) in [6.45, 7) is 5.73. The molecule has 0 radical (unpaired) electrons. The van der Waals surface area contributed by atoms with E-state index in [0.29, 0.717) is 52.5 Å². The van der Waals surface area contributed by atoms with E-state index in [1.54, 1.807) is 6.07 Å². The molecule has 2 aliphatic heterocycles. The number of piperazine rings is 1. The smallest absolute Gasteiger partial charge is 0.249 e. The van der Waals surface area contributed by atoms with Gasteiger partial charge in [0.1, 0.15) is 23.6 Å². The maximum Gasteiger partial charge on any atom is 0.249 e.